The molecule has 142 valence electrons. The van der Waals surface area contributed by atoms with Gasteiger partial charge in [-0.15, -0.1) is 0 Å². The van der Waals surface area contributed by atoms with Crippen molar-refractivity contribution in [3.8, 4) is 11.1 Å². The summed E-state index contributed by atoms with van der Waals surface area (Å²) in [5.74, 6) is -0.431. The molecule has 0 radical (unpaired) electrons. The van der Waals surface area contributed by atoms with Gasteiger partial charge in [0.2, 0.25) is 0 Å². The van der Waals surface area contributed by atoms with Gasteiger partial charge in [0, 0.05) is 10.9 Å². The molecule has 7 heteroatoms. The maximum atomic E-state index is 12.3. The molecule has 0 saturated heterocycles. The van der Waals surface area contributed by atoms with Crippen LogP contribution in [0.4, 0.5) is 0 Å². The van der Waals surface area contributed by atoms with Crippen molar-refractivity contribution in [3.05, 3.63) is 65.4 Å². The first-order valence-corrected chi connectivity index (χ1v) is 8.43. The predicted molar refractivity (Wildman–Crippen MR) is 108 cm³/mol. The van der Waals surface area contributed by atoms with Crippen LogP contribution >= 0.6 is 0 Å². The van der Waals surface area contributed by atoms with Gasteiger partial charge < -0.3 is 14.4 Å². The topological polar surface area (TPSA) is 82.4 Å². The first-order valence-electron chi connectivity index (χ1n) is 8.43. The molecule has 0 bridgehead atoms. The molecule has 28 heavy (non-hydrogen) atoms. The number of para-hydroxylation sites is 1. The van der Waals surface area contributed by atoms with Crippen molar-refractivity contribution in [1.29, 1.82) is 0 Å². The second kappa shape index (κ2) is 8.77. The fourth-order valence-corrected chi connectivity index (χ4v) is 2.82. The van der Waals surface area contributed by atoms with Crippen LogP contribution in [0.15, 0.2) is 58.8 Å². The van der Waals surface area contributed by atoms with Crippen molar-refractivity contribution in [3.63, 3.8) is 0 Å². The number of benzene rings is 2. The number of nitrogens with zero attached hydrogens (tertiary/aromatic N) is 3. The van der Waals surface area contributed by atoms with Crippen molar-refractivity contribution in [1.82, 2.24) is 4.98 Å². The molecule has 0 atom stereocenters. The summed E-state index contributed by atoms with van der Waals surface area (Å²) < 4.78 is 4.95. The highest BCUT2D eigenvalue weighted by Crippen LogP contribution is 2.31. The summed E-state index contributed by atoms with van der Waals surface area (Å²) in [6, 6.07) is 14.9. The molecule has 0 N–H and O–H groups in total. The third kappa shape index (κ3) is 3.98. The van der Waals surface area contributed by atoms with E-state index < -0.39 is 5.97 Å². The van der Waals surface area contributed by atoms with Crippen LogP contribution in [-0.4, -0.2) is 44.7 Å². The largest absolute Gasteiger partial charge is 0.465 e. The molecule has 2 aromatic carbocycles. The fourth-order valence-electron chi connectivity index (χ4n) is 2.82. The molecular weight excluding hydrogens is 358 g/mol. The average Bonchev–Trinajstić information content (AvgIpc) is 2.75. The number of ether oxygens (including phenoxy) is 1. The van der Waals surface area contributed by atoms with Crippen LogP contribution in [0, 0.1) is 0 Å². The lowest BCUT2D eigenvalue weighted by molar-refractivity contribution is 0.0601. The van der Waals surface area contributed by atoms with E-state index in [1.54, 1.807) is 18.3 Å². The standard InChI is InChI=1S/C21H19N3O4/c1-26-21(25)18-10-7-14(12-22-27-2)11-19(18)17-6-4-5-15-8-9-16(13-23-28-3)24-20(15)17/h4-13H,1-3H3/b22-12+,23-13+. The molecule has 0 aliphatic rings. The van der Waals surface area contributed by atoms with Crippen molar-refractivity contribution in [2.75, 3.05) is 21.3 Å². The number of oxime groups is 2. The van der Waals surface area contributed by atoms with E-state index >= 15 is 0 Å². The number of methoxy groups -OCH3 is 1. The Morgan fingerprint density at radius 2 is 1.71 bits per heavy atom. The van der Waals surface area contributed by atoms with Crippen LogP contribution in [0.1, 0.15) is 21.6 Å². The van der Waals surface area contributed by atoms with Crippen LogP contribution in [0.2, 0.25) is 0 Å². The fraction of sp³-hybridized carbons (Fsp3) is 0.143. The monoisotopic (exact) mass is 377 g/mol. The minimum atomic E-state index is -0.431. The number of carbonyl (C=O) groups is 1. The Labute approximate surface area is 162 Å². The number of aromatic nitrogens is 1. The van der Waals surface area contributed by atoms with E-state index in [2.05, 4.69) is 15.3 Å². The van der Waals surface area contributed by atoms with Gasteiger partial charge in [0.15, 0.2) is 0 Å². The van der Waals surface area contributed by atoms with Gasteiger partial charge in [0.1, 0.15) is 14.2 Å². The maximum Gasteiger partial charge on any atom is 0.338 e. The number of rotatable bonds is 6. The quantitative estimate of drug-likeness (QED) is 0.372. The second-order valence-electron chi connectivity index (χ2n) is 5.74. The first kappa shape index (κ1) is 19.0. The lowest BCUT2D eigenvalue weighted by Crippen LogP contribution is -2.05. The van der Waals surface area contributed by atoms with Crippen LogP contribution < -0.4 is 0 Å². The Kier molecular flexibility index (Phi) is 5.96. The van der Waals surface area contributed by atoms with Crippen LogP contribution in [0.3, 0.4) is 0 Å². The van der Waals surface area contributed by atoms with Gasteiger partial charge >= 0.3 is 5.97 Å². The molecular formula is C21H19N3O4. The summed E-state index contributed by atoms with van der Waals surface area (Å²) in [4.78, 5) is 26.5. The molecule has 7 nitrogen and oxygen atoms in total. The van der Waals surface area contributed by atoms with Gasteiger partial charge in [-0.25, -0.2) is 9.78 Å². The van der Waals surface area contributed by atoms with Gasteiger partial charge in [0.05, 0.1) is 36.3 Å². The zero-order valence-electron chi connectivity index (χ0n) is 15.7. The van der Waals surface area contributed by atoms with E-state index in [0.717, 1.165) is 22.0 Å². The molecule has 0 aliphatic carbocycles. The SMILES string of the molecule is CO/N=C/c1ccc(C(=O)OC)c(-c2cccc3ccc(/C=N/OC)nc23)c1. The van der Waals surface area contributed by atoms with Crippen molar-refractivity contribution >= 4 is 29.3 Å². The van der Waals surface area contributed by atoms with Crippen molar-refractivity contribution in [2.45, 2.75) is 0 Å². The summed E-state index contributed by atoms with van der Waals surface area (Å²) in [6.07, 6.45) is 3.10. The molecule has 1 aromatic heterocycles. The summed E-state index contributed by atoms with van der Waals surface area (Å²) in [6.45, 7) is 0. The zero-order chi connectivity index (χ0) is 19.9. The number of esters is 1. The van der Waals surface area contributed by atoms with Gasteiger partial charge in [-0.3, -0.25) is 0 Å². The van der Waals surface area contributed by atoms with Gasteiger partial charge in [-0.1, -0.05) is 40.6 Å². The van der Waals surface area contributed by atoms with E-state index in [0.29, 0.717) is 16.8 Å². The molecule has 0 saturated carbocycles. The van der Waals surface area contributed by atoms with Crippen molar-refractivity contribution < 1.29 is 19.2 Å². The van der Waals surface area contributed by atoms with Crippen LogP contribution in [0.5, 0.6) is 0 Å². The molecule has 0 fully saturated rings. The highest BCUT2D eigenvalue weighted by atomic mass is 16.6. The smallest absolute Gasteiger partial charge is 0.338 e. The average molecular weight is 377 g/mol. The Balaban J connectivity index is 2.25. The number of hydrogen-bond donors (Lipinski definition) is 0. The third-order valence-electron chi connectivity index (χ3n) is 4.08. The van der Waals surface area contributed by atoms with E-state index in [9.17, 15) is 4.79 Å². The van der Waals surface area contributed by atoms with Gasteiger partial charge in [-0.05, 0) is 29.3 Å². The molecule has 0 aliphatic heterocycles. The lowest BCUT2D eigenvalue weighted by atomic mass is 9.95. The molecule has 3 rings (SSSR count). The molecule has 3 aromatic rings. The number of carbonyl (C=O) groups excluding carboxylic acids is 1. The third-order valence-corrected chi connectivity index (χ3v) is 4.08. The minimum absolute atomic E-state index is 0.431. The summed E-state index contributed by atoms with van der Waals surface area (Å²) in [5, 5.41) is 8.49. The van der Waals surface area contributed by atoms with E-state index in [1.165, 1.54) is 27.5 Å². The molecule has 0 unspecified atom stereocenters. The Hall–Kier alpha value is -3.74. The van der Waals surface area contributed by atoms with Gasteiger partial charge in [0.25, 0.3) is 0 Å². The lowest BCUT2D eigenvalue weighted by Gasteiger charge is -2.12. The maximum absolute atomic E-state index is 12.3. The van der Waals surface area contributed by atoms with Crippen molar-refractivity contribution in [2.24, 2.45) is 10.3 Å². The van der Waals surface area contributed by atoms with Crippen LogP contribution in [-0.2, 0) is 14.4 Å². The van der Waals surface area contributed by atoms with E-state index in [4.69, 9.17) is 14.4 Å². The molecule has 0 spiro atoms. The normalized spacial score (nSPS) is 11.2. The highest BCUT2D eigenvalue weighted by Gasteiger charge is 2.16. The Bertz CT molecular complexity index is 1060. The second-order valence-corrected chi connectivity index (χ2v) is 5.74. The van der Waals surface area contributed by atoms with Crippen LogP contribution in [0.25, 0.3) is 22.0 Å². The molecule has 0 amide bonds. The Morgan fingerprint density at radius 3 is 2.46 bits per heavy atom. The van der Waals surface area contributed by atoms with Gasteiger partial charge in [-0.2, -0.15) is 0 Å². The summed E-state index contributed by atoms with van der Waals surface area (Å²) in [7, 11) is 4.30. The Morgan fingerprint density at radius 1 is 0.929 bits per heavy atom. The number of fused-ring (bicyclic) bond motifs is 1. The van der Waals surface area contributed by atoms with E-state index in [-0.39, 0.29) is 0 Å². The summed E-state index contributed by atoms with van der Waals surface area (Å²) in [5.41, 5.74) is 4.05. The predicted octanol–water partition coefficient (Wildman–Crippen LogP) is 3.65. The minimum Gasteiger partial charge on any atom is -0.465 e. The summed E-state index contributed by atoms with van der Waals surface area (Å²) >= 11 is 0. The first-order chi connectivity index (χ1) is 13.7. The molecule has 1 heterocycles. The zero-order valence-corrected chi connectivity index (χ0v) is 15.7. The number of hydrogen-bond acceptors (Lipinski definition) is 7. The number of pyridine rings is 1. The van der Waals surface area contributed by atoms with E-state index in [1.807, 2.05) is 36.4 Å². The highest BCUT2D eigenvalue weighted by molar-refractivity contribution is 6.04.